The van der Waals surface area contributed by atoms with Gasteiger partial charge in [0.2, 0.25) is 0 Å². The van der Waals surface area contributed by atoms with E-state index < -0.39 is 0 Å². The molecular formula is C14H20ClN5. The zero-order valence-electron chi connectivity index (χ0n) is 12.1. The van der Waals surface area contributed by atoms with Gasteiger partial charge in [0.25, 0.3) is 0 Å². The van der Waals surface area contributed by atoms with Gasteiger partial charge in [0, 0.05) is 17.5 Å². The van der Waals surface area contributed by atoms with E-state index in [-0.39, 0.29) is 6.04 Å². The molecule has 2 aromatic rings. The van der Waals surface area contributed by atoms with Crippen molar-refractivity contribution in [2.24, 2.45) is 7.05 Å². The molecule has 1 unspecified atom stereocenters. The van der Waals surface area contributed by atoms with Crippen LogP contribution in [0, 0.1) is 6.92 Å². The van der Waals surface area contributed by atoms with Crippen LogP contribution in [0.2, 0.25) is 5.02 Å². The van der Waals surface area contributed by atoms with Crippen LogP contribution in [0.25, 0.3) is 0 Å². The van der Waals surface area contributed by atoms with Crippen LogP contribution in [0.4, 0.5) is 0 Å². The van der Waals surface area contributed by atoms with Crippen molar-refractivity contribution in [3.8, 4) is 0 Å². The van der Waals surface area contributed by atoms with E-state index in [9.17, 15) is 0 Å². The number of halogens is 1. The fraction of sp³-hybridized carbons (Fsp3) is 0.500. The third kappa shape index (κ3) is 3.77. The molecule has 0 aliphatic rings. The number of nitrogens with zero attached hydrogens (tertiary/aromatic N) is 4. The third-order valence-electron chi connectivity index (χ3n) is 3.11. The standard InChI is InChI=1S/C14H20ClN5/c1-4-7-16-13(9-14-17-19-20(3)18-14)11-6-5-10(2)8-12(11)15/h5-6,8,13,16H,4,7,9H2,1-3H3. The maximum atomic E-state index is 6.37. The summed E-state index contributed by atoms with van der Waals surface area (Å²) in [5.74, 6) is 0.720. The second-order valence-electron chi connectivity index (χ2n) is 4.93. The molecule has 1 aromatic carbocycles. The first-order chi connectivity index (χ1) is 9.60. The molecule has 6 heteroatoms. The zero-order chi connectivity index (χ0) is 14.5. The number of aromatic nitrogens is 4. The molecule has 5 nitrogen and oxygen atoms in total. The van der Waals surface area contributed by atoms with Crippen LogP contribution in [-0.2, 0) is 13.5 Å². The Morgan fingerprint density at radius 2 is 2.20 bits per heavy atom. The molecular weight excluding hydrogens is 274 g/mol. The molecule has 0 saturated heterocycles. The topological polar surface area (TPSA) is 55.6 Å². The van der Waals surface area contributed by atoms with E-state index in [4.69, 9.17) is 11.6 Å². The Morgan fingerprint density at radius 3 is 2.80 bits per heavy atom. The van der Waals surface area contributed by atoms with Gasteiger partial charge in [-0.15, -0.1) is 10.2 Å². The molecule has 2 rings (SSSR count). The van der Waals surface area contributed by atoms with E-state index >= 15 is 0 Å². The SMILES string of the molecule is CCCNC(Cc1nnn(C)n1)c1ccc(C)cc1Cl. The Kier molecular flexibility index (Phi) is 5.09. The molecule has 0 amide bonds. The largest absolute Gasteiger partial charge is 0.310 e. The number of aryl methyl sites for hydroxylation is 2. The number of hydrogen-bond donors (Lipinski definition) is 1. The minimum atomic E-state index is 0.104. The molecule has 1 aromatic heterocycles. The van der Waals surface area contributed by atoms with Crippen molar-refractivity contribution in [3.63, 3.8) is 0 Å². The molecule has 0 aliphatic carbocycles. The maximum absolute atomic E-state index is 6.37. The van der Waals surface area contributed by atoms with Crippen LogP contribution in [0.3, 0.4) is 0 Å². The lowest BCUT2D eigenvalue weighted by molar-refractivity contribution is 0.517. The predicted octanol–water partition coefficient (Wildman–Crippen LogP) is 2.46. The minimum Gasteiger partial charge on any atom is -0.310 e. The van der Waals surface area contributed by atoms with E-state index in [1.54, 1.807) is 7.05 Å². The van der Waals surface area contributed by atoms with E-state index in [1.165, 1.54) is 4.80 Å². The fourth-order valence-corrected chi connectivity index (χ4v) is 2.48. The molecule has 0 spiro atoms. The second-order valence-corrected chi connectivity index (χ2v) is 5.34. The average Bonchev–Trinajstić information content (AvgIpc) is 2.80. The van der Waals surface area contributed by atoms with Crippen molar-refractivity contribution in [3.05, 3.63) is 40.2 Å². The molecule has 1 heterocycles. The van der Waals surface area contributed by atoms with Crippen LogP contribution in [0.15, 0.2) is 18.2 Å². The first-order valence-corrected chi connectivity index (χ1v) is 7.20. The maximum Gasteiger partial charge on any atom is 0.176 e. The highest BCUT2D eigenvalue weighted by Crippen LogP contribution is 2.26. The fourth-order valence-electron chi connectivity index (χ4n) is 2.11. The lowest BCUT2D eigenvalue weighted by Gasteiger charge is -2.19. The van der Waals surface area contributed by atoms with Gasteiger partial charge < -0.3 is 5.32 Å². The number of rotatable bonds is 6. The van der Waals surface area contributed by atoms with Gasteiger partial charge in [-0.25, -0.2) is 0 Å². The van der Waals surface area contributed by atoms with E-state index in [0.717, 1.165) is 34.9 Å². The zero-order valence-corrected chi connectivity index (χ0v) is 12.9. The molecule has 0 bridgehead atoms. The van der Waals surface area contributed by atoms with Gasteiger partial charge in [0.1, 0.15) is 0 Å². The van der Waals surface area contributed by atoms with E-state index in [0.29, 0.717) is 6.42 Å². The van der Waals surface area contributed by atoms with Crippen molar-refractivity contribution < 1.29 is 0 Å². The summed E-state index contributed by atoms with van der Waals surface area (Å²) >= 11 is 6.37. The molecule has 0 fully saturated rings. The Hall–Kier alpha value is -1.46. The highest BCUT2D eigenvalue weighted by Gasteiger charge is 2.17. The Labute approximate surface area is 124 Å². The molecule has 0 aliphatic heterocycles. The smallest absolute Gasteiger partial charge is 0.176 e. The Bertz CT molecular complexity index is 566. The monoisotopic (exact) mass is 293 g/mol. The summed E-state index contributed by atoms with van der Waals surface area (Å²) in [6.45, 7) is 5.10. The molecule has 1 N–H and O–H groups in total. The summed E-state index contributed by atoms with van der Waals surface area (Å²) in [6.07, 6.45) is 1.74. The summed E-state index contributed by atoms with van der Waals surface area (Å²) in [4.78, 5) is 1.48. The molecule has 0 saturated carbocycles. The number of benzene rings is 1. The van der Waals surface area contributed by atoms with Gasteiger partial charge in [-0.2, -0.15) is 4.80 Å². The van der Waals surface area contributed by atoms with E-state index in [2.05, 4.69) is 39.8 Å². The summed E-state index contributed by atoms with van der Waals surface area (Å²) in [5.41, 5.74) is 2.24. The third-order valence-corrected chi connectivity index (χ3v) is 3.44. The van der Waals surface area contributed by atoms with Crippen molar-refractivity contribution >= 4 is 11.6 Å². The summed E-state index contributed by atoms with van der Waals surface area (Å²) in [5, 5.41) is 16.5. The summed E-state index contributed by atoms with van der Waals surface area (Å²) in [7, 11) is 1.77. The van der Waals surface area contributed by atoms with Crippen LogP contribution in [0.1, 0.15) is 36.3 Å². The van der Waals surface area contributed by atoms with Gasteiger partial charge in [-0.05, 0) is 42.3 Å². The quantitative estimate of drug-likeness (QED) is 0.889. The van der Waals surface area contributed by atoms with Crippen molar-refractivity contribution in [1.29, 1.82) is 0 Å². The van der Waals surface area contributed by atoms with E-state index in [1.807, 2.05) is 13.0 Å². The van der Waals surface area contributed by atoms with Gasteiger partial charge >= 0.3 is 0 Å². The first-order valence-electron chi connectivity index (χ1n) is 6.82. The molecule has 108 valence electrons. The van der Waals surface area contributed by atoms with Gasteiger partial charge in [-0.1, -0.05) is 30.7 Å². The number of tetrazole rings is 1. The van der Waals surface area contributed by atoms with Gasteiger partial charge in [0.05, 0.1) is 7.05 Å². The first kappa shape index (κ1) is 14.9. The van der Waals surface area contributed by atoms with Crippen molar-refractivity contribution in [1.82, 2.24) is 25.5 Å². The highest BCUT2D eigenvalue weighted by atomic mass is 35.5. The average molecular weight is 294 g/mol. The second kappa shape index (κ2) is 6.81. The Morgan fingerprint density at radius 1 is 1.40 bits per heavy atom. The lowest BCUT2D eigenvalue weighted by Crippen LogP contribution is -2.25. The number of hydrogen-bond acceptors (Lipinski definition) is 4. The Balaban J connectivity index is 2.22. The molecule has 1 atom stereocenters. The molecule has 20 heavy (non-hydrogen) atoms. The van der Waals surface area contributed by atoms with Crippen molar-refractivity contribution in [2.75, 3.05) is 6.54 Å². The van der Waals surface area contributed by atoms with Crippen LogP contribution in [-0.4, -0.2) is 26.8 Å². The van der Waals surface area contributed by atoms with Crippen LogP contribution >= 0.6 is 11.6 Å². The highest BCUT2D eigenvalue weighted by molar-refractivity contribution is 6.31. The minimum absolute atomic E-state index is 0.104. The lowest BCUT2D eigenvalue weighted by atomic mass is 10.0. The normalized spacial score (nSPS) is 12.6. The predicted molar refractivity (Wildman–Crippen MR) is 79.7 cm³/mol. The summed E-state index contributed by atoms with van der Waals surface area (Å²) in [6, 6.07) is 6.24. The van der Waals surface area contributed by atoms with Gasteiger partial charge in [0.15, 0.2) is 5.82 Å². The van der Waals surface area contributed by atoms with Crippen LogP contribution < -0.4 is 5.32 Å². The van der Waals surface area contributed by atoms with Crippen molar-refractivity contribution in [2.45, 2.75) is 32.7 Å². The number of nitrogens with one attached hydrogen (secondary N) is 1. The molecule has 0 radical (unpaired) electrons. The van der Waals surface area contributed by atoms with Crippen LogP contribution in [0.5, 0.6) is 0 Å². The summed E-state index contributed by atoms with van der Waals surface area (Å²) < 4.78 is 0. The van der Waals surface area contributed by atoms with Gasteiger partial charge in [-0.3, -0.25) is 0 Å².